The van der Waals surface area contributed by atoms with Gasteiger partial charge in [0.15, 0.2) is 11.2 Å². The molecule has 0 saturated carbocycles. The number of anilines is 6. The zero-order chi connectivity index (χ0) is 47.0. The van der Waals surface area contributed by atoms with Crippen molar-refractivity contribution >= 4 is 99.5 Å². The summed E-state index contributed by atoms with van der Waals surface area (Å²) in [5, 5.41) is 8.61. The first kappa shape index (κ1) is 41.3. The van der Waals surface area contributed by atoms with E-state index in [1.165, 1.54) is 22.3 Å². The Morgan fingerprint density at radius 1 is 0.286 bits per heavy atom. The molecular weight excluding hydrogens is 853 g/mol. The number of hydrogen-bond acceptors (Lipinski definition) is 4. The van der Waals surface area contributed by atoms with E-state index in [0.717, 1.165) is 122 Å². The van der Waals surface area contributed by atoms with Crippen molar-refractivity contribution in [3.63, 3.8) is 0 Å². The van der Waals surface area contributed by atoms with Crippen LogP contribution in [-0.4, -0.2) is 0 Å². The van der Waals surface area contributed by atoms with Crippen molar-refractivity contribution in [3.05, 3.63) is 241 Å². The Morgan fingerprint density at radius 2 is 0.643 bits per heavy atom. The minimum Gasteiger partial charge on any atom is -0.452 e. The zero-order valence-electron chi connectivity index (χ0n) is 39.5. The molecule has 0 N–H and O–H groups in total. The molecule has 2 aromatic heterocycles. The topological polar surface area (TPSA) is 32.8 Å². The van der Waals surface area contributed by atoms with Crippen LogP contribution in [0.3, 0.4) is 0 Å². The second-order valence-corrected chi connectivity index (χ2v) is 18.7. The Balaban J connectivity index is 1.06. The van der Waals surface area contributed by atoms with Crippen LogP contribution in [0.25, 0.3) is 87.7 Å². The Kier molecular flexibility index (Phi) is 9.70. The van der Waals surface area contributed by atoms with Crippen LogP contribution in [0.2, 0.25) is 0 Å². The standard InChI is InChI=1S/C66H48N2O2/c1-41-25-29-53(33-43(41)3)67(51-21-13-7-14-22-51)55-31-27-47-37-57-59(39-49(47)35-55)69-65-63(57)61(45-17-9-5-10-18-45)62(46-19-11-6-12-20-46)64-58-38-48-28-32-56(36-50(48)40-60(58)70-66(64)65)68(52-23-15-8-16-24-52)54-30-26-42(2)44(4)34-54/h5-40H,1-4H3. The lowest BCUT2D eigenvalue weighted by Crippen LogP contribution is -2.10. The van der Waals surface area contributed by atoms with Crippen molar-refractivity contribution in [2.45, 2.75) is 27.7 Å². The van der Waals surface area contributed by atoms with Gasteiger partial charge in [0.1, 0.15) is 11.2 Å². The fourth-order valence-electron chi connectivity index (χ4n) is 10.6. The zero-order valence-corrected chi connectivity index (χ0v) is 39.5. The number of hydrogen-bond donors (Lipinski definition) is 0. The SMILES string of the molecule is Cc1ccc(N(c2ccccc2)c2ccc3cc4c(cc3c2)oc2c3oc5cc6cc(N(c7ccccc7)c7ccc(C)c(C)c7)ccc6cc5c3c(-c3ccccc3)c(-c3ccccc3)c42)cc1C. The molecule has 0 aliphatic heterocycles. The van der Waals surface area contributed by atoms with Gasteiger partial charge < -0.3 is 18.6 Å². The number of para-hydroxylation sites is 2. The molecule has 13 rings (SSSR count). The maximum Gasteiger partial charge on any atom is 0.179 e. The van der Waals surface area contributed by atoms with Gasteiger partial charge in [-0.05, 0) is 180 Å². The molecule has 4 nitrogen and oxygen atoms in total. The fraction of sp³-hybridized carbons (Fsp3) is 0.0606. The molecule has 2 heterocycles. The molecule has 4 heteroatoms. The summed E-state index contributed by atoms with van der Waals surface area (Å²) < 4.78 is 14.4. The Hall–Kier alpha value is -8.86. The van der Waals surface area contributed by atoms with Crippen molar-refractivity contribution in [3.8, 4) is 22.3 Å². The number of aryl methyl sites for hydroxylation is 4. The van der Waals surface area contributed by atoms with Crippen LogP contribution in [-0.2, 0) is 0 Å². The quantitative estimate of drug-likeness (QED) is 0.152. The van der Waals surface area contributed by atoms with E-state index in [9.17, 15) is 0 Å². The maximum absolute atomic E-state index is 7.20. The van der Waals surface area contributed by atoms with Crippen LogP contribution in [0.15, 0.2) is 227 Å². The Labute approximate surface area is 406 Å². The van der Waals surface area contributed by atoms with Crippen LogP contribution in [0.4, 0.5) is 34.1 Å². The highest BCUT2D eigenvalue weighted by molar-refractivity contribution is 6.31. The molecule has 334 valence electrons. The molecule has 0 radical (unpaired) electrons. The first-order chi connectivity index (χ1) is 34.3. The van der Waals surface area contributed by atoms with Crippen LogP contribution < -0.4 is 9.80 Å². The number of fused-ring (bicyclic) bond motifs is 9. The van der Waals surface area contributed by atoms with Gasteiger partial charge in [-0.3, -0.25) is 0 Å². The van der Waals surface area contributed by atoms with Gasteiger partial charge in [0.2, 0.25) is 0 Å². The molecular formula is C66H48N2O2. The average molecular weight is 901 g/mol. The molecule has 0 fully saturated rings. The summed E-state index contributed by atoms with van der Waals surface area (Å²) in [6, 6.07) is 78.7. The average Bonchev–Trinajstić information content (AvgIpc) is 3.95. The predicted octanol–water partition coefficient (Wildman–Crippen LogP) is 19.3. The van der Waals surface area contributed by atoms with Gasteiger partial charge >= 0.3 is 0 Å². The summed E-state index contributed by atoms with van der Waals surface area (Å²) in [5.74, 6) is 0. The second kappa shape index (κ2) is 16.4. The highest BCUT2D eigenvalue weighted by Gasteiger charge is 2.27. The lowest BCUT2D eigenvalue weighted by molar-refractivity contribution is 0.634. The van der Waals surface area contributed by atoms with Gasteiger partial charge in [0.05, 0.1) is 0 Å². The second-order valence-electron chi connectivity index (χ2n) is 18.7. The van der Waals surface area contributed by atoms with Gasteiger partial charge in [0, 0.05) is 66.8 Å². The van der Waals surface area contributed by atoms with Gasteiger partial charge in [0.25, 0.3) is 0 Å². The first-order valence-electron chi connectivity index (χ1n) is 24.1. The maximum atomic E-state index is 7.20. The van der Waals surface area contributed by atoms with Gasteiger partial charge in [-0.15, -0.1) is 0 Å². The fourth-order valence-corrected chi connectivity index (χ4v) is 10.6. The minimum absolute atomic E-state index is 0.742. The molecule has 0 amide bonds. The molecule has 0 spiro atoms. The smallest absolute Gasteiger partial charge is 0.179 e. The summed E-state index contributed by atoms with van der Waals surface area (Å²) in [5.41, 5.74) is 19.2. The van der Waals surface area contributed by atoms with E-state index in [1.54, 1.807) is 0 Å². The van der Waals surface area contributed by atoms with Gasteiger partial charge in [-0.1, -0.05) is 121 Å². The molecule has 11 aromatic carbocycles. The molecule has 0 bridgehead atoms. The van der Waals surface area contributed by atoms with E-state index in [0.29, 0.717) is 0 Å². The molecule has 0 saturated heterocycles. The van der Waals surface area contributed by atoms with Crippen molar-refractivity contribution in [2.75, 3.05) is 9.80 Å². The van der Waals surface area contributed by atoms with Crippen LogP contribution in [0.1, 0.15) is 22.3 Å². The summed E-state index contributed by atoms with van der Waals surface area (Å²) in [6.07, 6.45) is 0. The van der Waals surface area contributed by atoms with Gasteiger partial charge in [-0.25, -0.2) is 0 Å². The van der Waals surface area contributed by atoms with E-state index in [1.807, 2.05) is 0 Å². The van der Waals surface area contributed by atoms with E-state index < -0.39 is 0 Å². The molecule has 0 unspecified atom stereocenters. The highest BCUT2D eigenvalue weighted by Crippen LogP contribution is 2.52. The van der Waals surface area contributed by atoms with Crippen LogP contribution in [0.5, 0.6) is 0 Å². The third-order valence-corrected chi connectivity index (χ3v) is 14.4. The van der Waals surface area contributed by atoms with Crippen molar-refractivity contribution < 1.29 is 8.83 Å². The summed E-state index contributed by atoms with van der Waals surface area (Å²) in [7, 11) is 0. The summed E-state index contributed by atoms with van der Waals surface area (Å²) >= 11 is 0. The predicted molar refractivity (Wildman–Crippen MR) is 295 cm³/mol. The third-order valence-electron chi connectivity index (χ3n) is 14.4. The lowest BCUT2D eigenvalue weighted by Gasteiger charge is -2.26. The molecule has 0 aliphatic rings. The third kappa shape index (κ3) is 6.83. The normalized spacial score (nSPS) is 11.7. The van der Waals surface area contributed by atoms with E-state index in [-0.39, 0.29) is 0 Å². The molecule has 0 atom stereocenters. The molecule has 70 heavy (non-hydrogen) atoms. The van der Waals surface area contributed by atoms with E-state index in [4.69, 9.17) is 8.83 Å². The van der Waals surface area contributed by atoms with Crippen LogP contribution >= 0.6 is 0 Å². The van der Waals surface area contributed by atoms with Crippen LogP contribution in [0, 0.1) is 27.7 Å². The first-order valence-corrected chi connectivity index (χ1v) is 24.1. The lowest BCUT2D eigenvalue weighted by atomic mass is 9.87. The number of furan rings is 2. The van der Waals surface area contributed by atoms with Crippen molar-refractivity contribution in [1.29, 1.82) is 0 Å². The van der Waals surface area contributed by atoms with Crippen molar-refractivity contribution in [1.82, 2.24) is 0 Å². The van der Waals surface area contributed by atoms with E-state index >= 15 is 0 Å². The summed E-state index contributed by atoms with van der Waals surface area (Å²) in [6.45, 7) is 8.69. The summed E-state index contributed by atoms with van der Waals surface area (Å²) in [4.78, 5) is 4.67. The van der Waals surface area contributed by atoms with Gasteiger partial charge in [-0.2, -0.15) is 0 Å². The Morgan fingerprint density at radius 3 is 1.03 bits per heavy atom. The van der Waals surface area contributed by atoms with Crippen molar-refractivity contribution in [2.24, 2.45) is 0 Å². The number of nitrogens with zero attached hydrogens (tertiary/aromatic N) is 2. The van der Waals surface area contributed by atoms with E-state index in [2.05, 4.69) is 256 Å². The minimum atomic E-state index is 0.742. The number of rotatable bonds is 8. The molecule has 13 aromatic rings. The largest absolute Gasteiger partial charge is 0.452 e. The molecule has 0 aliphatic carbocycles. The monoisotopic (exact) mass is 900 g/mol. The highest BCUT2D eigenvalue weighted by atomic mass is 16.4. The number of benzene rings is 11. The Bertz CT molecular complexity index is 3880.